The topological polar surface area (TPSA) is 92.5 Å². The lowest BCUT2D eigenvalue weighted by Crippen LogP contribution is -2.53. The van der Waals surface area contributed by atoms with Crippen molar-refractivity contribution in [1.82, 2.24) is 10.4 Å². The molecule has 1 rings (SSSR count). The van der Waals surface area contributed by atoms with Gasteiger partial charge in [0.1, 0.15) is 0 Å². The number of nitrogens with zero attached hydrogens (tertiary/aromatic N) is 1. The van der Waals surface area contributed by atoms with Crippen LogP contribution in [0.25, 0.3) is 0 Å². The van der Waals surface area contributed by atoms with Gasteiger partial charge in [0.15, 0.2) is 0 Å². The zero-order valence-electron chi connectivity index (χ0n) is 9.20. The minimum atomic E-state index is -0.338. The lowest BCUT2D eigenvalue weighted by atomic mass is 10.1. The first kappa shape index (κ1) is 12.6. The molecule has 16 heavy (non-hydrogen) atoms. The van der Waals surface area contributed by atoms with Crippen molar-refractivity contribution in [2.45, 2.75) is 38.5 Å². The van der Waals surface area contributed by atoms with Crippen LogP contribution in [-0.4, -0.2) is 29.3 Å². The molecule has 6 nitrogen and oxygen atoms in total. The molecule has 3 amide bonds. The van der Waals surface area contributed by atoms with Gasteiger partial charge < -0.3 is 5.73 Å². The van der Waals surface area contributed by atoms with Crippen LogP contribution in [-0.2, 0) is 14.4 Å². The Morgan fingerprint density at radius 2 is 2.00 bits per heavy atom. The molecule has 0 radical (unpaired) electrons. The maximum atomic E-state index is 11.6. The van der Waals surface area contributed by atoms with Gasteiger partial charge in [-0.3, -0.25) is 19.8 Å². The fourth-order valence-electron chi connectivity index (χ4n) is 1.49. The van der Waals surface area contributed by atoms with Crippen molar-refractivity contribution in [3.05, 3.63) is 0 Å². The summed E-state index contributed by atoms with van der Waals surface area (Å²) in [6, 6.07) is 0. The second-order valence-corrected chi connectivity index (χ2v) is 3.76. The van der Waals surface area contributed by atoms with E-state index in [4.69, 9.17) is 5.73 Å². The average Bonchev–Trinajstić information content (AvgIpc) is 2.27. The number of nitrogens with two attached hydrogens (primary N) is 1. The number of hydrogen-bond acceptors (Lipinski definition) is 4. The fourth-order valence-corrected chi connectivity index (χ4v) is 1.49. The molecule has 90 valence electrons. The number of rotatable bonds is 5. The van der Waals surface area contributed by atoms with Crippen molar-refractivity contribution in [2.24, 2.45) is 5.73 Å². The van der Waals surface area contributed by atoms with Crippen molar-refractivity contribution in [1.29, 1.82) is 0 Å². The average molecular weight is 227 g/mol. The van der Waals surface area contributed by atoms with Gasteiger partial charge in [0.25, 0.3) is 0 Å². The molecule has 0 aromatic rings. The van der Waals surface area contributed by atoms with Crippen molar-refractivity contribution in [2.75, 3.05) is 6.54 Å². The molecule has 0 atom stereocenters. The molecule has 1 aliphatic rings. The summed E-state index contributed by atoms with van der Waals surface area (Å²) in [5.74, 6) is -0.951. The zero-order valence-corrected chi connectivity index (χ0v) is 9.20. The van der Waals surface area contributed by atoms with Gasteiger partial charge in [0.2, 0.25) is 17.7 Å². The molecule has 0 aromatic carbocycles. The molecular formula is C10H17N3O3. The SMILES string of the molecule is NCCCCCC(=O)N1NC(=O)CCC1=O. The molecule has 1 saturated heterocycles. The summed E-state index contributed by atoms with van der Waals surface area (Å²) in [4.78, 5) is 33.9. The second kappa shape index (κ2) is 6.22. The Hall–Kier alpha value is -1.43. The third-order valence-electron chi connectivity index (χ3n) is 2.40. The van der Waals surface area contributed by atoms with E-state index >= 15 is 0 Å². The maximum absolute atomic E-state index is 11.6. The minimum Gasteiger partial charge on any atom is -0.330 e. The lowest BCUT2D eigenvalue weighted by molar-refractivity contribution is -0.157. The summed E-state index contributed by atoms with van der Waals surface area (Å²) in [5.41, 5.74) is 7.60. The van der Waals surface area contributed by atoms with Gasteiger partial charge in [-0.1, -0.05) is 6.42 Å². The number of carbonyl (C=O) groups excluding carboxylic acids is 3. The van der Waals surface area contributed by atoms with E-state index in [-0.39, 0.29) is 37.0 Å². The van der Waals surface area contributed by atoms with Crippen molar-refractivity contribution >= 4 is 17.7 Å². The number of imide groups is 1. The zero-order chi connectivity index (χ0) is 12.0. The molecular weight excluding hydrogens is 210 g/mol. The largest absolute Gasteiger partial charge is 0.330 e. The molecule has 0 spiro atoms. The first-order chi connectivity index (χ1) is 7.65. The van der Waals surface area contributed by atoms with Crippen molar-refractivity contribution in [3.8, 4) is 0 Å². The molecule has 1 fully saturated rings. The van der Waals surface area contributed by atoms with E-state index in [1.165, 1.54) is 0 Å². The Bertz CT molecular complexity index is 291. The van der Waals surface area contributed by atoms with E-state index in [9.17, 15) is 14.4 Å². The number of hydrogen-bond donors (Lipinski definition) is 2. The monoisotopic (exact) mass is 227 g/mol. The van der Waals surface area contributed by atoms with Crippen LogP contribution in [0.3, 0.4) is 0 Å². The Balaban J connectivity index is 2.34. The first-order valence-corrected chi connectivity index (χ1v) is 5.50. The van der Waals surface area contributed by atoms with Gasteiger partial charge in [-0.15, -0.1) is 0 Å². The third-order valence-corrected chi connectivity index (χ3v) is 2.40. The van der Waals surface area contributed by atoms with Crippen LogP contribution in [0.2, 0.25) is 0 Å². The maximum Gasteiger partial charge on any atom is 0.248 e. The van der Waals surface area contributed by atoms with E-state index in [1.54, 1.807) is 0 Å². The number of amides is 3. The summed E-state index contributed by atoms with van der Waals surface area (Å²) in [7, 11) is 0. The highest BCUT2D eigenvalue weighted by Gasteiger charge is 2.27. The Morgan fingerprint density at radius 3 is 2.69 bits per heavy atom. The number of nitrogens with one attached hydrogen (secondary N) is 1. The van der Waals surface area contributed by atoms with Crippen LogP contribution in [0, 0.1) is 0 Å². The van der Waals surface area contributed by atoms with E-state index in [0.717, 1.165) is 17.9 Å². The molecule has 0 aliphatic carbocycles. The Morgan fingerprint density at radius 1 is 1.25 bits per heavy atom. The molecule has 1 heterocycles. The fraction of sp³-hybridized carbons (Fsp3) is 0.700. The Kier molecular flexibility index (Phi) is 4.91. The summed E-state index contributed by atoms with van der Waals surface area (Å²) in [6.07, 6.45) is 2.96. The summed E-state index contributed by atoms with van der Waals surface area (Å²) in [5, 5.41) is 0.842. The lowest BCUT2D eigenvalue weighted by Gasteiger charge is -2.25. The smallest absolute Gasteiger partial charge is 0.248 e. The number of carbonyl (C=O) groups is 3. The molecule has 0 bridgehead atoms. The van der Waals surface area contributed by atoms with Crippen molar-refractivity contribution < 1.29 is 14.4 Å². The standard InChI is InChI=1S/C10H17N3O3/c11-7-3-1-2-4-9(15)13-10(16)6-5-8(14)12-13/h1-7,11H2,(H,12,14). The quantitative estimate of drug-likeness (QED) is 0.630. The van der Waals surface area contributed by atoms with Crippen LogP contribution < -0.4 is 11.2 Å². The Labute approximate surface area is 94.1 Å². The van der Waals surface area contributed by atoms with Crippen LogP contribution in [0.4, 0.5) is 0 Å². The summed E-state index contributed by atoms with van der Waals surface area (Å²) < 4.78 is 0. The number of hydrazine groups is 1. The molecule has 0 aromatic heterocycles. The summed E-state index contributed by atoms with van der Waals surface area (Å²) >= 11 is 0. The number of unbranched alkanes of at least 4 members (excludes halogenated alkanes) is 2. The normalized spacial score (nSPS) is 16.2. The summed E-state index contributed by atoms with van der Waals surface area (Å²) in [6.45, 7) is 0.605. The highest BCUT2D eigenvalue weighted by atomic mass is 16.2. The van der Waals surface area contributed by atoms with E-state index in [2.05, 4.69) is 5.43 Å². The third kappa shape index (κ3) is 3.62. The second-order valence-electron chi connectivity index (χ2n) is 3.76. The molecule has 1 aliphatic heterocycles. The van der Waals surface area contributed by atoms with Gasteiger partial charge >= 0.3 is 0 Å². The molecule has 3 N–H and O–H groups in total. The van der Waals surface area contributed by atoms with Crippen LogP contribution in [0.15, 0.2) is 0 Å². The van der Waals surface area contributed by atoms with Gasteiger partial charge in [-0.05, 0) is 19.4 Å². The minimum absolute atomic E-state index is 0.111. The van der Waals surface area contributed by atoms with Gasteiger partial charge in [-0.25, -0.2) is 0 Å². The van der Waals surface area contributed by atoms with Gasteiger partial charge in [0, 0.05) is 19.3 Å². The van der Waals surface area contributed by atoms with Crippen LogP contribution in [0.1, 0.15) is 38.5 Å². The predicted octanol–water partition coefficient (Wildman–Crippen LogP) is -0.314. The molecule has 0 saturated carbocycles. The predicted molar refractivity (Wildman–Crippen MR) is 56.8 cm³/mol. The van der Waals surface area contributed by atoms with Gasteiger partial charge in [-0.2, -0.15) is 5.01 Å². The highest BCUT2D eigenvalue weighted by Crippen LogP contribution is 2.07. The first-order valence-electron chi connectivity index (χ1n) is 5.50. The van der Waals surface area contributed by atoms with Crippen molar-refractivity contribution in [3.63, 3.8) is 0 Å². The molecule has 6 heteroatoms. The van der Waals surface area contributed by atoms with E-state index < -0.39 is 0 Å². The van der Waals surface area contributed by atoms with E-state index in [1.807, 2.05) is 0 Å². The van der Waals surface area contributed by atoms with E-state index in [0.29, 0.717) is 13.0 Å². The van der Waals surface area contributed by atoms with Crippen LogP contribution >= 0.6 is 0 Å². The van der Waals surface area contributed by atoms with Crippen LogP contribution in [0.5, 0.6) is 0 Å². The highest BCUT2D eigenvalue weighted by molar-refractivity contribution is 6.00. The molecule has 0 unspecified atom stereocenters. The van der Waals surface area contributed by atoms with Gasteiger partial charge in [0.05, 0.1) is 0 Å².